The first kappa shape index (κ1) is 16.5. The van der Waals surface area contributed by atoms with E-state index < -0.39 is 0 Å². The van der Waals surface area contributed by atoms with Crippen LogP contribution in [-0.2, 0) is 6.42 Å². The number of anilines is 2. The Morgan fingerprint density at radius 3 is 3.04 bits per heavy atom. The van der Waals surface area contributed by atoms with Gasteiger partial charge >= 0.3 is 0 Å². The van der Waals surface area contributed by atoms with E-state index in [1.165, 1.54) is 0 Å². The first-order valence-electron chi connectivity index (χ1n) is 8.64. The van der Waals surface area contributed by atoms with Crippen LogP contribution in [0.15, 0.2) is 35.1 Å². The van der Waals surface area contributed by atoms with Gasteiger partial charge in [0.15, 0.2) is 11.4 Å². The van der Waals surface area contributed by atoms with Crippen LogP contribution in [-0.4, -0.2) is 34.9 Å². The summed E-state index contributed by atoms with van der Waals surface area (Å²) in [7, 11) is 0. The molecule has 0 spiro atoms. The Balaban J connectivity index is 1.70. The van der Waals surface area contributed by atoms with Crippen molar-refractivity contribution in [3.63, 3.8) is 0 Å². The number of rotatable bonds is 4. The number of hydrogen-bond acceptors (Lipinski definition) is 7. The second-order valence-corrected chi connectivity index (χ2v) is 6.75. The standard InChI is InChI=1S/C19H21N5O2/c1-11-8-22-9-12(18(11)24-6-4-13(20)10-24)7-14(25)16-17-15(26-19(16)21)3-2-5-23-17/h2-3,5,8-9,13H,4,6-7,10,20-21H2,1H3/t13-/m0/s1. The third-order valence-electron chi connectivity index (χ3n) is 4.82. The number of aryl methyl sites for hydroxylation is 1. The van der Waals surface area contributed by atoms with E-state index in [0.29, 0.717) is 16.7 Å². The van der Waals surface area contributed by atoms with Crippen LogP contribution in [0.1, 0.15) is 27.9 Å². The van der Waals surface area contributed by atoms with Crippen molar-refractivity contribution in [2.45, 2.75) is 25.8 Å². The summed E-state index contributed by atoms with van der Waals surface area (Å²) in [5, 5.41) is 0. The Morgan fingerprint density at radius 2 is 2.27 bits per heavy atom. The van der Waals surface area contributed by atoms with Crippen LogP contribution in [0.2, 0.25) is 0 Å². The monoisotopic (exact) mass is 351 g/mol. The number of nitrogens with zero attached hydrogens (tertiary/aromatic N) is 3. The van der Waals surface area contributed by atoms with Gasteiger partial charge in [0, 0.05) is 55.4 Å². The summed E-state index contributed by atoms with van der Waals surface area (Å²) in [6.45, 7) is 3.67. The van der Waals surface area contributed by atoms with Crippen molar-refractivity contribution in [1.29, 1.82) is 0 Å². The van der Waals surface area contributed by atoms with E-state index in [1.807, 2.05) is 13.1 Å². The summed E-state index contributed by atoms with van der Waals surface area (Å²) >= 11 is 0. The molecule has 0 saturated carbocycles. The van der Waals surface area contributed by atoms with Crippen molar-refractivity contribution < 1.29 is 9.21 Å². The summed E-state index contributed by atoms with van der Waals surface area (Å²) in [4.78, 5) is 23.8. The number of nitrogen functional groups attached to an aromatic ring is 1. The van der Waals surface area contributed by atoms with Gasteiger partial charge in [-0.25, -0.2) is 0 Å². The lowest BCUT2D eigenvalue weighted by atomic mass is 10.0. The van der Waals surface area contributed by atoms with Crippen molar-refractivity contribution in [2.75, 3.05) is 23.7 Å². The highest BCUT2D eigenvalue weighted by Gasteiger charge is 2.26. The first-order chi connectivity index (χ1) is 12.5. The number of carbonyl (C=O) groups is 1. The minimum atomic E-state index is -0.128. The minimum Gasteiger partial charge on any atom is -0.438 e. The molecule has 3 aromatic rings. The average Bonchev–Trinajstić information content (AvgIpc) is 3.17. The molecule has 0 unspecified atom stereocenters. The Kier molecular flexibility index (Phi) is 4.08. The van der Waals surface area contributed by atoms with Crippen molar-refractivity contribution >= 4 is 28.5 Å². The molecule has 4 rings (SSSR count). The molecule has 134 valence electrons. The highest BCUT2D eigenvalue weighted by molar-refractivity contribution is 6.10. The first-order valence-corrected chi connectivity index (χ1v) is 8.64. The van der Waals surface area contributed by atoms with Crippen LogP contribution in [0.25, 0.3) is 11.1 Å². The zero-order valence-corrected chi connectivity index (χ0v) is 14.6. The maximum Gasteiger partial charge on any atom is 0.204 e. The molecule has 3 aromatic heterocycles. The molecule has 7 heteroatoms. The van der Waals surface area contributed by atoms with Gasteiger partial charge < -0.3 is 20.8 Å². The van der Waals surface area contributed by atoms with E-state index in [2.05, 4.69) is 14.9 Å². The molecule has 1 atom stereocenters. The molecular formula is C19H21N5O2. The number of Topliss-reactive ketones (excluding diaryl/α,β-unsaturated/α-hetero) is 1. The Labute approximate surface area is 151 Å². The lowest BCUT2D eigenvalue weighted by Crippen LogP contribution is -2.28. The van der Waals surface area contributed by atoms with E-state index in [9.17, 15) is 4.79 Å². The van der Waals surface area contributed by atoms with Crippen molar-refractivity contribution in [3.05, 3.63) is 47.4 Å². The smallest absolute Gasteiger partial charge is 0.204 e. The maximum absolute atomic E-state index is 13.0. The number of hydrogen-bond donors (Lipinski definition) is 2. The van der Waals surface area contributed by atoms with E-state index in [4.69, 9.17) is 15.9 Å². The molecule has 4 heterocycles. The van der Waals surface area contributed by atoms with Gasteiger partial charge in [0.2, 0.25) is 5.88 Å². The molecule has 1 aliphatic heterocycles. The van der Waals surface area contributed by atoms with Crippen LogP contribution in [0, 0.1) is 6.92 Å². The molecule has 0 amide bonds. The van der Waals surface area contributed by atoms with Crippen LogP contribution >= 0.6 is 0 Å². The van der Waals surface area contributed by atoms with Crippen molar-refractivity contribution in [1.82, 2.24) is 9.97 Å². The van der Waals surface area contributed by atoms with Gasteiger partial charge in [0.25, 0.3) is 0 Å². The van der Waals surface area contributed by atoms with Gasteiger partial charge in [-0.2, -0.15) is 0 Å². The molecule has 0 radical (unpaired) electrons. The molecule has 1 saturated heterocycles. The molecule has 4 N–H and O–H groups in total. The molecule has 0 aromatic carbocycles. The van der Waals surface area contributed by atoms with Crippen molar-refractivity contribution in [2.24, 2.45) is 5.73 Å². The van der Waals surface area contributed by atoms with Gasteiger partial charge in [-0.05, 0) is 31.0 Å². The zero-order chi connectivity index (χ0) is 18.3. The topological polar surface area (TPSA) is 111 Å². The number of aromatic nitrogens is 2. The second kappa shape index (κ2) is 6.42. The molecule has 1 fully saturated rings. The van der Waals surface area contributed by atoms with Gasteiger partial charge in [0.05, 0.1) is 0 Å². The highest BCUT2D eigenvalue weighted by Crippen LogP contribution is 2.31. The highest BCUT2D eigenvalue weighted by atomic mass is 16.3. The number of nitrogens with two attached hydrogens (primary N) is 2. The van der Waals surface area contributed by atoms with Crippen LogP contribution in [0.5, 0.6) is 0 Å². The third-order valence-corrected chi connectivity index (χ3v) is 4.82. The number of furan rings is 1. The molecular weight excluding hydrogens is 330 g/mol. The lowest BCUT2D eigenvalue weighted by Gasteiger charge is -2.23. The van der Waals surface area contributed by atoms with E-state index >= 15 is 0 Å². The van der Waals surface area contributed by atoms with Gasteiger partial charge in [-0.15, -0.1) is 0 Å². The fraction of sp³-hybridized carbons (Fsp3) is 0.316. The third kappa shape index (κ3) is 2.80. The maximum atomic E-state index is 13.0. The summed E-state index contributed by atoms with van der Waals surface area (Å²) in [6.07, 6.45) is 6.31. The lowest BCUT2D eigenvalue weighted by molar-refractivity contribution is 0.0994. The number of fused-ring (bicyclic) bond motifs is 1. The zero-order valence-electron chi connectivity index (χ0n) is 14.6. The predicted molar refractivity (Wildman–Crippen MR) is 100 cm³/mol. The SMILES string of the molecule is Cc1cncc(CC(=O)c2c(N)oc3cccnc23)c1N1CC[C@H](N)C1. The van der Waals surface area contributed by atoms with E-state index in [-0.39, 0.29) is 24.1 Å². The van der Waals surface area contributed by atoms with Crippen LogP contribution in [0.3, 0.4) is 0 Å². The molecule has 7 nitrogen and oxygen atoms in total. The number of pyridine rings is 2. The summed E-state index contributed by atoms with van der Waals surface area (Å²) in [5.74, 6) is -0.0221. The average molecular weight is 351 g/mol. The van der Waals surface area contributed by atoms with E-state index in [0.717, 1.165) is 36.3 Å². The van der Waals surface area contributed by atoms with Gasteiger partial charge in [0.1, 0.15) is 11.1 Å². The Morgan fingerprint density at radius 1 is 1.42 bits per heavy atom. The summed E-state index contributed by atoms with van der Waals surface area (Å²) < 4.78 is 5.48. The van der Waals surface area contributed by atoms with Crippen molar-refractivity contribution in [3.8, 4) is 0 Å². The summed E-state index contributed by atoms with van der Waals surface area (Å²) in [6, 6.07) is 3.66. The van der Waals surface area contributed by atoms with E-state index in [1.54, 1.807) is 24.5 Å². The fourth-order valence-electron chi connectivity index (χ4n) is 3.66. The summed E-state index contributed by atoms with van der Waals surface area (Å²) in [5.41, 5.74) is 16.3. The second-order valence-electron chi connectivity index (χ2n) is 6.75. The van der Waals surface area contributed by atoms with Crippen LogP contribution < -0.4 is 16.4 Å². The van der Waals surface area contributed by atoms with Crippen LogP contribution in [0.4, 0.5) is 11.6 Å². The number of ketones is 1. The predicted octanol–water partition coefficient (Wildman–Crippen LogP) is 2.08. The fourth-order valence-corrected chi connectivity index (χ4v) is 3.66. The molecule has 0 bridgehead atoms. The normalized spacial score (nSPS) is 17.2. The Hall–Kier alpha value is -2.93. The Bertz CT molecular complexity index is 981. The molecule has 1 aliphatic rings. The quantitative estimate of drug-likeness (QED) is 0.692. The molecule has 26 heavy (non-hydrogen) atoms. The molecule has 0 aliphatic carbocycles. The minimum absolute atomic E-state index is 0.106. The largest absolute Gasteiger partial charge is 0.438 e. The van der Waals surface area contributed by atoms with Gasteiger partial charge in [-0.3, -0.25) is 14.8 Å². The number of carbonyl (C=O) groups excluding carboxylic acids is 1. The van der Waals surface area contributed by atoms with Gasteiger partial charge in [-0.1, -0.05) is 0 Å².